The summed E-state index contributed by atoms with van der Waals surface area (Å²) in [6, 6.07) is 8.99. The van der Waals surface area contributed by atoms with E-state index >= 15 is 0 Å². The van der Waals surface area contributed by atoms with Crippen molar-refractivity contribution in [2.24, 2.45) is 11.3 Å². The molecule has 0 spiro atoms. The molecule has 1 aliphatic heterocycles. The molecule has 2 nitrogen and oxygen atoms in total. The van der Waals surface area contributed by atoms with Crippen LogP contribution in [0.1, 0.15) is 38.8 Å². The van der Waals surface area contributed by atoms with Gasteiger partial charge in [-0.15, -0.1) is 0 Å². The number of benzene rings is 1. The second-order valence-electron chi connectivity index (χ2n) is 6.49. The van der Waals surface area contributed by atoms with E-state index in [2.05, 4.69) is 32.2 Å². The van der Waals surface area contributed by atoms with Crippen molar-refractivity contribution in [1.82, 2.24) is 5.32 Å². The summed E-state index contributed by atoms with van der Waals surface area (Å²) in [5.41, 5.74) is 1.49. The van der Waals surface area contributed by atoms with Crippen LogP contribution in [-0.4, -0.2) is 18.8 Å². The molecule has 1 aromatic carbocycles. The highest BCUT2D eigenvalue weighted by molar-refractivity contribution is 6.30. The van der Waals surface area contributed by atoms with E-state index < -0.39 is 0 Å². The lowest BCUT2D eigenvalue weighted by molar-refractivity contribution is -0.115. The van der Waals surface area contributed by atoms with Gasteiger partial charge < -0.3 is 10.1 Å². The predicted octanol–water partition coefficient (Wildman–Crippen LogP) is 3.80. The van der Waals surface area contributed by atoms with Crippen molar-refractivity contribution >= 4 is 11.6 Å². The van der Waals surface area contributed by atoms with Gasteiger partial charge in [0.15, 0.2) is 0 Å². The van der Waals surface area contributed by atoms with Gasteiger partial charge >= 0.3 is 0 Å². The third-order valence-electron chi connectivity index (χ3n) is 4.88. The summed E-state index contributed by atoms with van der Waals surface area (Å²) in [6.45, 7) is 7.75. The van der Waals surface area contributed by atoms with E-state index in [1.807, 2.05) is 18.2 Å². The van der Waals surface area contributed by atoms with E-state index in [-0.39, 0.29) is 5.41 Å². The van der Waals surface area contributed by atoms with E-state index in [0.29, 0.717) is 24.1 Å². The van der Waals surface area contributed by atoms with Crippen molar-refractivity contribution < 1.29 is 4.74 Å². The Bertz CT molecular complexity index is 474. The highest BCUT2D eigenvalue weighted by Crippen LogP contribution is 2.52. The average Bonchev–Trinajstić information content (AvgIpc) is 2.82. The predicted molar refractivity (Wildman–Crippen MR) is 78.4 cm³/mol. The minimum atomic E-state index is 0.230. The van der Waals surface area contributed by atoms with Crippen LogP contribution in [0.25, 0.3) is 0 Å². The first-order chi connectivity index (χ1) is 9.00. The molecule has 1 heterocycles. The van der Waals surface area contributed by atoms with Crippen LogP contribution in [0.4, 0.5) is 0 Å². The molecule has 104 valence electrons. The Morgan fingerprint density at radius 1 is 1.42 bits per heavy atom. The highest BCUT2D eigenvalue weighted by atomic mass is 35.5. The van der Waals surface area contributed by atoms with Crippen molar-refractivity contribution in [2.45, 2.75) is 45.4 Å². The third kappa shape index (κ3) is 2.20. The summed E-state index contributed by atoms with van der Waals surface area (Å²) in [4.78, 5) is 0. The molecule has 1 aromatic rings. The van der Waals surface area contributed by atoms with Crippen LogP contribution in [0.2, 0.25) is 5.02 Å². The molecule has 1 saturated heterocycles. The summed E-state index contributed by atoms with van der Waals surface area (Å²) in [6.07, 6.45) is 1.63. The number of hydrogen-bond acceptors (Lipinski definition) is 2. The molecule has 0 bridgehead atoms. The molecule has 1 N–H and O–H groups in total. The van der Waals surface area contributed by atoms with E-state index in [9.17, 15) is 0 Å². The zero-order valence-corrected chi connectivity index (χ0v) is 12.6. The van der Waals surface area contributed by atoms with Gasteiger partial charge in [-0.2, -0.15) is 0 Å². The number of ether oxygens (including phenoxy) is 1. The normalized spacial score (nSPS) is 33.6. The fourth-order valence-electron chi connectivity index (χ4n) is 3.80. The minimum absolute atomic E-state index is 0.230. The molecule has 0 amide bonds. The Morgan fingerprint density at radius 3 is 2.95 bits per heavy atom. The van der Waals surface area contributed by atoms with Gasteiger partial charge in [-0.1, -0.05) is 37.6 Å². The van der Waals surface area contributed by atoms with Gasteiger partial charge in [0.25, 0.3) is 0 Å². The van der Waals surface area contributed by atoms with Crippen molar-refractivity contribution in [1.29, 1.82) is 0 Å². The molecular weight excluding hydrogens is 258 g/mol. The Labute approximate surface area is 120 Å². The Balaban J connectivity index is 1.71. The maximum Gasteiger partial charge on any atom is 0.0685 e. The molecular formula is C16H22ClNO. The van der Waals surface area contributed by atoms with Crippen molar-refractivity contribution in [3.63, 3.8) is 0 Å². The fourth-order valence-corrected chi connectivity index (χ4v) is 4.00. The van der Waals surface area contributed by atoms with Crippen LogP contribution in [0.3, 0.4) is 0 Å². The number of fused-ring (bicyclic) bond motifs is 1. The number of halogens is 1. The minimum Gasteiger partial charge on any atom is -0.377 e. The monoisotopic (exact) mass is 279 g/mol. The van der Waals surface area contributed by atoms with E-state index in [1.165, 1.54) is 12.0 Å². The topological polar surface area (TPSA) is 21.3 Å². The molecule has 2 aliphatic rings. The van der Waals surface area contributed by atoms with Crippen LogP contribution in [0.5, 0.6) is 0 Å². The van der Waals surface area contributed by atoms with Crippen LogP contribution < -0.4 is 5.32 Å². The van der Waals surface area contributed by atoms with Gasteiger partial charge in [0.1, 0.15) is 0 Å². The first kappa shape index (κ1) is 13.4. The summed E-state index contributed by atoms with van der Waals surface area (Å²) >= 11 is 6.07. The lowest BCUT2D eigenvalue weighted by atomic mass is 9.57. The molecule has 4 atom stereocenters. The van der Waals surface area contributed by atoms with Crippen molar-refractivity contribution in [3.8, 4) is 0 Å². The quantitative estimate of drug-likeness (QED) is 0.909. The number of nitrogens with one attached hydrogen (secondary N) is 1. The van der Waals surface area contributed by atoms with Crippen LogP contribution in [0, 0.1) is 11.3 Å². The summed E-state index contributed by atoms with van der Waals surface area (Å²) in [5, 5.41) is 4.59. The first-order valence-corrected chi connectivity index (χ1v) is 7.51. The molecule has 2 fully saturated rings. The van der Waals surface area contributed by atoms with Crippen LogP contribution in [0.15, 0.2) is 24.3 Å². The SMILES string of the molecule is C[C@@H](NC1C2CCOC2C1(C)C)c1cccc(Cl)c1. The van der Waals surface area contributed by atoms with Gasteiger partial charge in [0.05, 0.1) is 6.10 Å². The zero-order chi connectivity index (χ0) is 13.6. The molecule has 0 aromatic heterocycles. The molecule has 0 radical (unpaired) electrons. The maximum absolute atomic E-state index is 6.07. The highest BCUT2D eigenvalue weighted by Gasteiger charge is 2.59. The zero-order valence-electron chi connectivity index (χ0n) is 11.8. The van der Waals surface area contributed by atoms with Gasteiger partial charge in [-0.3, -0.25) is 0 Å². The second-order valence-corrected chi connectivity index (χ2v) is 6.92. The van der Waals surface area contributed by atoms with Crippen molar-refractivity contribution in [2.75, 3.05) is 6.61 Å². The van der Waals surface area contributed by atoms with Crippen LogP contribution in [-0.2, 0) is 4.74 Å². The number of hydrogen-bond donors (Lipinski definition) is 1. The first-order valence-electron chi connectivity index (χ1n) is 7.13. The lowest BCUT2D eigenvalue weighted by Gasteiger charge is -2.55. The molecule has 3 heteroatoms. The van der Waals surface area contributed by atoms with Gasteiger partial charge in [-0.05, 0) is 31.0 Å². The molecule has 19 heavy (non-hydrogen) atoms. The molecule has 3 unspecified atom stereocenters. The van der Waals surface area contributed by atoms with E-state index in [0.717, 1.165) is 11.6 Å². The average molecular weight is 280 g/mol. The smallest absolute Gasteiger partial charge is 0.0685 e. The van der Waals surface area contributed by atoms with Gasteiger partial charge in [0.2, 0.25) is 0 Å². The fraction of sp³-hybridized carbons (Fsp3) is 0.625. The van der Waals surface area contributed by atoms with Gasteiger partial charge in [0, 0.05) is 35.0 Å². The third-order valence-corrected chi connectivity index (χ3v) is 5.11. The molecule has 3 rings (SSSR count). The standard InChI is InChI=1S/C16H22ClNO/c1-10(11-5-4-6-12(17)9-11)18-14-13-7-8-19-15(13)16(14,2)3/h4-6,9-10,13-15,18H,7-8H2,1-3H3/t10-,13?,14?,15?/m1/s1. The molecule has 1 saturated carbocycles. The number of rotatable bonds is 3. The Morgan fingerprint density at radius 2 is 2.21 bits per heavy atom. The van der Waals surface area contributed by atoms with E-state index in [4.69, 9.17) is 16.3 Å². The Hall–Kier alpha value is -0.570. The lowest BCUT2D eigenvalue weighted by Crippen LogP contribution is -2.66. The summed E-state index contributed by atoms with van der Waals surface area (Å²) in [5.74, 6) is 0.677. The van der Waals surface area contributed by atoms with Crippen LogP contribution >= 0.6 is 11.6 Å². The summed E-state index contributed by atoms with van der Waals surface area (Å²) in [7, 11) is 0. The maximum atomic E-state index is 6.07. The summed E-state index contributed by atoms with van der Waals surface area (Å²) < 4.78 is 5.84. The van der Waals surface area contributed by atoms with Gasteiger partial charge in [-0.25, -0.2) is 0 Å². The van der Waals surface area contributed by atoms with E-state index in [1.54, 1.807) is 0 Å². The van der Waals surface area contributed by atoms with Crippen molar-refractivity contribution in [3.05, 3.63) is 34.9 Å². The second kappa shape index (κ2) is 4.76. The largest absolute Gasteiger partial charge is 0.377 e. The Kier molecular flexibility index (Phi) is 3.36. The molecule has 1 aliphatic carbocycles.